The predicted molar refractivity (Wildman–Crippen MR) is 81.2 cm³/mol. The van der Waals surface area contributed by atoms with Gasteiger partial charge in [0.1, 0.15) is 5.75 Å². The van der Waals surface area contributed by atoms with Gasteiger partial charge in [0.05, 0.1) is 12.3 Å². The molecular weight excluding hydrogens is 266 g/mol. The monoisotopic (exact) mass is 283 g/mol. The quantitative estimate of drug-likeness (QED) is 0.843. The van der Waals surface area contributed by atoms with Gasteiger partial charge in [-0.25, -0.2) is 0 Å². The number of nitrogens with one attached hydrogen (secondary N) is 1. The Hall–Kier alpha value is -2.56. The van der Waals surface area contributed by atoms with Crippen LogP contribution in [-0.4, -0.2) is 17.5 Å². The fraction of sp³-hybridized carbons (Fsp3) is 0.250. The number of carbonyl (C=O) groups excluding carboxylic acids is 1. The van der Waals surface area contributed by atoms with Crippen LogP contribution in [-0.2, 0) is 17.6 Å². The number of fused-ring (bicyclic) bond motifs is 1. The Morgan fingerprint density at radius 3 is 3.00 bits per heavy atom. The Morgan fingerprint density at radius 2 is 2.19 bits per heavy atom. The summed E-state index contributed by atoms with van der Waals surface area (Å²) in [4.78, 5) is 15.6. The molecule has 2 aromatic rings. The lowest BCUT2D eigenvalue weighted by molar-refractivity contribution is -0.116. The second kappa shape index (κ2) is 5.83. The molecular formula is C16H17N3O2. The Bertz CT molecular complexity index is 656. The fourth-order valence-corrected chi connectivity index (χ4v) is 2.36. The number of amides is 1. The van der Waals surface area contributed by atoms with Crippen LogP contribution in [0.3, 0.4) is 0 Å². The van der Waals surface area contributed by atoms with E-state index in [2.05, 4.69) is 10.3 Å². The van der Waals surface area contributed by atoms with Gasteiger partial charge in [0, 0.05) is 30.4 Å². The van der Waals surface area contributed by atoms with Crippen molar-refractivity contribution in [3.63, 3.8) is 0 Å². The van der Waals surface area contributed by atoms with E-state index < -0.39 is 0 Å². The number of carbonyl (C=O) groups is 1. The minimum atomic E-state index is 0.0331. The van der Waals surface area contributed by atoms with Gasteiger partial charge in [0.25, 0.3) is 0 Å². The lowest BCUT2D eigenvalue weighted by atomic mass is 10.0. The highest BCUT2D eigenvalue weighted by atomic mass is 16.5. The summed E-state index contributed by atoms with van der Waals surface area (Å²) in [5.74, 6) is 0.701. The number of hydrogen-bond acceptors (Lipinski definition) is 4. The number of benzene rings is 1. The highest BCUT2D eigenvalue weighted by Crippen LogP contribution is 2.32. The summed E-state index contributed by atoms with van der Waals surface area (Å²) in [5.41, 5.74) is 9.36. The number of pyridine rings is 1. The molecule has 0 atom stereocenters. The summed E-state index contributed by atoms with van der Waals surface area (Å²) in [7, 11) is 0. The SMILES string of the molecule is Nc1cc2c(cc1OCCc1ccccn1)CCC(=O)N2. The largest absolute Gasteiger partial charge is 0.491 e. The van der Waals surface area contributed by atoms with Crippen molar-refractivity contribution in [2.45, 2.75) is 19.3 Å². The average molecular weight is 283 g/mol. The van der Waals surface area contributed by atoms with Gasteiger partial charge in [-0.1, -0.05) is 6.07 Å². The maximum Gasteiger partial charge on any atom is 0.224 e. The van der Waals surface area contributed by atoms with Crippen molar-refractivity contribution in [1.82, 2.24) is 4.98 Å². The number of nitrogens with zero attached hydrogens (tertiary/aromatic N) is 1. The number of nitrogens with two attached hydrogens (primary N) is 1. The van der Waals surface area contributed by atoms with Crippen molar-refractivity contribution < 1.29 is 9.53 Å². The molecule has 1 aliphatic rings. The molecule has 0 aliphatic carbocycles. The van der Waals surface area contributed by atoms with Gasteiger partial charge >= 0.3 is 0 Å². The molecule has 0 bridgehead atoms. The van der Waals surface area contributed by atoms with Crippen LogP contribution in [0.1, 0.15) is 17.7 Å². The zero-order chi connectivity index (χ0) is 14.7. The van der Waals surface area contributed by atoms with E-state index in [-0.39, 0.29) is 5.91 Å². The molecule has 1 aliphatic heterocycles. The van der Waals surface area contributed by atoms with Crippen LogP contribution >= 0.6 is 0 Å². The first kappa shape index (κ1) is 13.4. The van der Waals surface area contributed by atoms with Crippen LogP contribution in [0, 0.1) is 0 Å². The minimum Gasteiger partial charge on any atom is -0.491 e. The first-order valence-corrected chi connectivity index (χ1v) is 6.97. The van der Waals surface area contributed by atoms with Crippen molar-refractivity contribution >= 4 is 17.3 Å². The summed E-state index contributed by atoms with van der Waals surface area (Å²) < 4.78 is 5.76. The average Bonchev–Trinajstić information content (AvgIpc) is 2.49. The Balaban J connectivity index is 1.67. The van der Waals surface area contributed by atoms with E-state index in [0.717, 1.165) is 29.8 Å². The molecule has 0 unspecified atom stereocenters. The Morgan fingerprint density at radius 1 is 1.29 bits per heavy atom. The van der Waals surface area contributed by atoms with Gasteiger partial charge in [0.15, 0.2) is 0 Å². The number of aryl methyl sites for hydroxylation is 1. The number of nitrogen functional groups attached to an aromatic ring is 1. The van der Waals surface area contributed by atoms with E-state index in [1.54, 1.807) is 12.3 Å². The number of anilines is 2. The molecule has 21 heavy (non-hydrogen) atoms. The van der Waals surface area contributed by atoms with E-state index in [0.29, 0.717) is 24.5 Å². The summed E-state index contributed by atoms with van der Waals surface area (Å²) >= 11 is 0. The van der Waals surface area contributed by atoms with E-state index in [4.69, 9.17) is 10.5 Å². The Labute approximate surface area is 123 Å². The third kappa shape index (κ3) is 3.13. The van der Waals surface area contributed by atoms with E-state index in [9.17, 15) is 4.79 Å². The van der Waals surface area contributed by atoms with Crippen LogP contribution < -0.4 is 15.8 Å². The topological polar surface area (TPSA) is 77.2 Å². The first-order chi connectivity index (χ1) is 10.2. The number of aromatic nitrogens is 1. The molecule has 5 heteroatoms. The second-order valence-corrected chi connectivity index (χ2v) is 5.01. The van der Waals surface area contributed by atoms with Crippen molar-refractivity contribution in [1.29, 1.82) is 0 Å². The molecule has 2 heterocycles. The molecule has 3 rings (SSSR count). The molecule has 0 saturated heterocycles. The lowest BCUT2D eigenvalue weighted by Crippen LogP contribution is -2.19. The maximum absolute atomic E-state index is 11.4. The van der Waals surface area contributed by atoms with Gasteiger partial charge in [0.2, 0.25) is 5.91 Å². The van der Waals surface area contributed by atoms with Crippen molar-refractivity contribution in [2.24, 2.45) is 0 Å². The van der Waals surface area contributed by atoms with Crippen molar-refractivity contribution in [2.75, 3.05) is 17.7 Å². The number of rotatable bonds is 4. The molecule has 1 amide bonds. The van der Waals surface area contributed by atoms with Gasteiger partial charge in [-0.05, 0) is 36.2 Å². The molecule has 1 aromatic heterocycles. The van der Waals surface area contributed by atoms with Gasteiger partial charge in [-0.3, -0.25) is 9.78 Å². The number of hydrogen-bond donors (Lipinski definition) is 2. The van der Waals surface area contributed by atoms with Crippen LogP contribution in [0.4, 0.5) is 11.4 Å². The van der Waals surface area contributed by atoms with E-state index in [1.807, 2.05) is 24.3 Å². The minimum absolute atomic E-state index is 0.0331. The first-order valence-electron chi connectivity index (χ1n) is 6.97. The normalized spacial score (nSPS) is 13.4. The summed E-state index contributed by atoms with van der Waals surface area (Å²) in [6.45, 7) is 0.520. The molecule has 1 aromatic carbocycles. The van der Waals surface area contributed by atoms with Gasteiger partial charge in [-0.15, -0.1) is 0 Å². The molecule has 108 valence electrons. The molecule has 3 N–H and O–H groups in total. The molecule has 0 saturated carbocycles. The highest BCUT2D eigenvalue weighted by molar-refractivity contribution is 5.94. The van der Waals surface area contributed by atoms with Gasteiger partial charge < -0.3 is 15.8 Å². The zero-order valence-corrected chi connectivity index (χ0v) is 11.6. The van der Waals surface area contributed by atoms with Crippen molar-refractivity contribution in [3.05, 3.63) is 47.8 Å². The van der Waals surface area contributed by atoms with Gasteiger partial charge in [-0.2, -0.15) is 0 Å². The van der Waals surface area contributed by atoms with E-state index >= 15 is 0 Å². The third-order valence-corrected chi connectivity index (χ3v) is 3.47. The van der Waals surface area contributed by atoms with Crippen LogP contribution in [0.2, 0.25) is 0 Å². The molecule has 0 spiro atoms. The van der Waals surface area contributed by atoms with Crippen LogP contribution in [0.25, 0.3) is 0 Å². The van der Waals surface area contributed by atoms with Crippen LogP contribution in [0.5, 0.6) is 5.75 Å². The maximum atomic E-state index is 11.4. The predicted octanol–water partition coefficient (Wildman–Crippen LogP) is 2.17. The lowest BCUT2D eigenvalue weighted by Gasteiger charge is -2.19. The zero-order valence-electron chi connectivity index (χ0n) is 11.6. The summed E-state index contributed by atoms with van der Waals surface area (Å²) in [6, 6.07) is 9.50. The third-order valence-electron chi connectivity index (χ3n) is 3.47. The fourth-order valence-electron chi connectivity index (χ4n) is 2.36. The van der Waals surface area contributed by atoms with Crippen molar-refractivity contribution in [3.8, 4) is 5.75 Å². The van der Waals surface area contributed by atoms with Crippen LogP contribution in [0.15, 0.2) is 36.5 Å². The smallest absolute Gasteiger partial charge is 0.224 e. The Kier molecular flexibility index (Phi) is 3.73. The van der Waals surface area contributed by atoms with E-state index in [1.165, 1.54) is 0 Å². The molecule has 5 nitrogen and oxygen atoms in total. The number of ether oxygens (including phenoxy) is 1. The summed E-state index contributed by atoms with van der Waals surface area (Å²) in [6.07, 6.45) is 3.72. The highest BCUT2D eigenvalue weighted by Gasteiger charge is 2.17. The molecule has 0 fully saturated rings. The second-order valence-electron chi connectivity index (χ2n) is 5.01. The summed E-state index contributed by atoms with van der Waals surface area (Å²) in [5, 5.41) is 2.83. The standard InChI is InChI=1S/C16H17N3O2/c17-13-10-14-11(4-5-16(20)19-14)9-15(13)21-8-6-12-3-1-2-7-18-12/h1-3,7,9-10H,4-6,8,17H2,(H,19,20). The molecule has 0 radical (unpaired) electrons.